The maximum Gasteiger partial charge on any atom is 0.331 e. The SMILES string of the molecule is CC(C1CC1)N(Cc1ccccc1)C(=O)Cn1c(=O)ccn(Cc2ccccc2)c1=O. The van der Waals surface area contributed by atoms with Crippen molar-refractivity contribution < 1.29 is 4.79 Å². The number of rotatable bonds is 8. The Bertz CT molecular complexity index is 1150. The molecule has 4 rings (SSSR count). The van der Waals surface area contributed by atoms with E-state index in [1.165, 1.54) is 16.8 Å². The number of nitrogens with zero attached hydrogens (tertiary/aromatic N) is 3. The number of hydrogen-bond donors (Lipinski definition) is 0. The molecule has 0 aliphatic heterocycles. The molecule has 1 aromatic heterocycles. The lowest BCUT2D eigenvalue weighted by Crippen LogP contribution is -2.46. The molecule has 0 bridgehead atoms. The van der Waals surface area contributed by atoms with Gasteiger partial charge in [-0.2, -0.15) is 0 Å². The summed E-state index contributed by atoms with van der Waals surface area (Å²) in [5.74, 6) is 0.273. The molecule has 6 nitrogen and oxygen atoms in total. The van der Waals surface area contributed by atoms with E-state index in [0.29, 0.717) is 19.0 Å². The fraction of sp³-hybridized carbons (Fsp3) is 0.320. The summed E-state index contributed by atoms with van der Waals surface area (Å²) in [5, 5.41) is 0. The molecule has 1 aliphatic rings. The third-order valence-corrected chi connectivity index (χ3v) is 5.94. The van der Waals surface area contributed by atoms with Crippen molar-refractivity contribution in [1.29, 1.82) is 0 Å². The van der Waals surface area contributed by atoms with Gasteiger partial charge in [0.25, 0.3) is 5.56 Å². The topological polar surface area (TPSA) is 64.3 Å². The van der Waals surface area contributed by atoms with Crippen molar-refractivity contribution in [3.05, 3.63) is 105 Å². The number of aromatic nitrogens is 2. The maximum atomic E-state index is 13.3. The average Bonchev–Trinajstić information content (AvgIpc) is 3.63. The van der Waals surface area contributed by atoms with Gasteiger partial charge in [-0.3, -0.25) is 18.7 Å². The lowest BCUT2D eigenvalue weighted by molar-refractivity contribution is -0.135. The Morgan fingerprint density at radius 3 is 2.19 bits per heavy atom. The molecule has 1 heterocycles. The van der Waals surface area contributed by atoms with Crippen LogP contribution >= 0.6 is 0 Å². The zero-order valence-corrected chi connectivity index (χ0v) is 17.7. The minimum absolute atomic E-state index is 0.0682. The lowest BCUT2D eigenvalue weighted by atomic mass is 10.1. The molecule has 1 amide bonds. The summed E-state index contributed by atoms with van der Waals surface area (Å²) in [6, 6.07) is 20.8. The van der Waals surface area contributed by atoms with Gasteiger partial charge < -0.3 is 4.90 Å². The molecular weight excluding hydrogens is 390 g/mol. The highest BCUT2D eigenvalue weighted by molar-refractivity contribution is 5.76. The van der Waals surface area contributed by atoms with Gasteiger partial charge in [0, 0.05) is 24.8 Å². The van der Waals surface area contributed by atoms with Crippen LogP contribution in [0, 0.1) is 5.92 Å². The van der Waals surface area contributed by atoms with Crippen LogP contribution in [0.3, 0.4) is 0 Å². The standard InChI is InChI=1S/C25H27N3O3/c1-19(22-12-13-22)27(17-21-10-6-3-7-11-21)24(30)18-28-23(29)14-15-26(25(28)31)16-20-8-4-2-5-9-20/h2-11,14-15,19,22H,12-13,16-18H2,1H3. The summed E-state index contributed by atoms with van der Waals surface area (Å²) in [6.45, 7) is 2.62. The third kappa shape index (κ3) is 5.02. The molecule has 0 N–H and O–H groups in total. The van der Waals surface area contributed by atoms with Crippen LogP contribution in [-0.2, 0) is 24.4 Å². The van der Waals surface area contributed by atoms with Crippen LogP contribution in [0.5, 0.6) is 0 Å². The van der Waals surface area contributed by atoms with E-state index < -0.39 is 11.2 Å². The minimum Gasteiger partial charge on any atom is -0.334 e. The summed E-state index contributed by atoms with van der Waals surface area (Å²) in [7, 11) is 0. The van der Waals surface area contributed by atoms with Crippen molar-refractivity contribution in [2.24, 2.45) is 5.92 Å². The number of hydrogen-bond acceptors (Lipinski definition) is 3. The van der Waals surface area contributed by atoms with Gasteiger partial charge in [0.15, 0.2) is 0 Å². The van der Waals surface area contributed by atoms with Gasteiger partial charge in [0.1, 0.15) is 6.54 Å². The highest BCUT2D eigenvalue weighted by Gasteiger charge is 2.34. The van der Waals surface area contributed by atoms with Crippen LogP contribution in [0.15, 0.2) is 82.5 Å². The molecule has 160 valence electrons. The van der Waals surface area contributed by atoms with Crippen LogP contribution in [0.1, 0.15) is 30.9 Å². The van der Waals surface area contributed by atoms with Gasteiger partial charge in [-0.15, -0.1) is 0 Å². The first kappa shape index (κ1) is 20.8. The zero-order chi connectivity index (χ0) is 21.8. The molecule has 2 aromatic carbocycles. The van der Waals surface area contributed by atoms with E-state index in [1.807, 2.05) is 65.6 Å². The number of carbonyl (C=O) groups excluding carboxylic acids is 1. The summed E-state index contributed by atoms with van der Waals surface area (Å²) in [4.78, 5) is 40.5. The van der Waals surface area contributed by atoms with E-state index in [-0.39, 0.29) is 18.5 Å². The Balaban J connectivity index is 1.58. The van der Waals surface area contributed by atoms with E-state index in [9.17, 15) is 14.4 Å². The fourth-order valence-corrected chi connectivity index (χ4v) is 3.90. The Morgan fingerprint density at radius 2 is 1.58 bits per heavy atom. The molecule has 31 heavy (non-hydrogen) atoms. The first-order valence-electron chi connectivity index (χ1n) is 10.7. The summed E-state index contributed by atoms with van der Waals surface area (Å²) in [6.07, 6.45) is 3.71. The van der Waals surface area contributed by atoms with Crippen molar-refractivity contribution in [3.63, 3.8) is 0 Å². The first-order valence-corrected chi connectivity index (χ1v) is 10.7. The van der Waals surface area contributed by atoms with Gasteiger partial charge in [-0.25, -0.2) is 4.79 Å². The molecule has 1 atom stereocenters. The Morgan fingerprint density at radius 1 is 0.968 bits per heavy atom. The van der Waals surface area contributed by atoms with E-state index in [4.69, 9.17) is 0 Å². The predicted octanol–water partition coefficient (Wildman–Crippen LogP) is 2.89. The molecule has 3 aromatic rings. The normalized spacial score (nSPS) is 14.2. The van der Waals surface area contributed by atoms with Crippen LogP contribution in [0.2, 0.25) is 0 Å². The van der Waals surface area contributed by atoms with E-state index in [1.54, 1.807) is 0 Å². The number of benzene rings is 2. The second kappa shape index (κ2) is 9.16. The van der Waals surface area contributed by atoms with Gasteiger partial charge in [-0.05, 0) is 36.8 Å². The summed E-state index contributed by atoms with van der Waals surface area (Å²) < 4.78 is 2.51. The molecule has 0 radical (unpaired) electrons. The van der Waals surface area contributed by atoms with Crippen LogP contribution in [-0.4, -0.2) is 26.0 Å². The Labute approximate surface area is 181 Å². The van der Waals surface area contributed by atoms with Gasteiger partial charge in [0.2, 0.25) is 5.91 Å². The predicted molar refractivity (Wildman–Crippen MR) is 120 cm³/mol. The second-order valence-electron chi connectivity index (χ2n) is 8.22. The molecule has 1 unspecified atom stereocenters. The van der Waals surface area contributed by atoms with Crippen LogP contribution in [0.4, 0.5) is 0 Å². The van der Waals surface area contributed by atoms with Crippen molar-refractivity contribution >= 4 is 5.91 Å². The van der Waals surface area contributed by atoms with Gasteiger partial charge in [0.05, 0.1) is 6.54 Å². The highest BCUT2D eigenvalue weighted by Crippen LogP contribution is 2.35. The van der Waals surface area contributed by atoms with Crippen molar-refractivity contribution in [2.75, 3.05) is 0 Å². The lowest BCUT2D eigenvalue weighted by Gasteiger charge is -2.30. The quantitative estimate of drug-likeness (QED) is 0.566. The van der Waals surface area contributed by atoms with E-state index in [0.717, 1.165) is 28.5 Å². The van der Waals surface area contributed by atoms with Gasteiger partial charge >= 0.3 is 5.69 Å². The third-order valence-electron chi connectivity index (χ3n) is 5.94. The highest BCUT2D eigenvalue weighted by atomic mass is 16.2. The maximum absolute atomic E-state index is 13.3. The van der Waals surface area contributed by atoms with Gasteiger partial charge in [-0.1, -0.05) is 60.7 Å². The molecule has 0 spiro atoms. The minimum atomic E-state index is -0.469. The summed E-state index contributed by atoms with van der Waals surface area (Å²) >= 11 is 0. The van der Waals surface area contributed by atoms with Crippen molar-refractivity contribution in [1.82, 2.24) is 14.0 Å². The molecule has 1 saturated carbocycles. The summed E-state index contributed by atoms with van der Waals surface area (Å²) in [5.41, 5.74) is 1.06. The van der Waals surface area contributed by atoms with Crippen molar-refractivity contribution in [2.45, 2.75) is 45.4 Å². The molecule has 0 saturated heterocycles. The zero-order valence-electron chi connectivity index (χ0n) is 17.7. The van der Waals surface area contributed by atoms with Crippen LogP contribution < -0.4 is 11.2 Å². The van der Waals surface area contributed by atoms with Crippen molar-refractivity contribution in [3.8, 4) is 0 Å². The first-order chi connectivity index (χ1) is 15.0. The monoisotopic (exact) mass is 417 g/mol. The molecule has 1 fully saturated rings. The largest absolute Gasteiger partial charge is 0.334 e. The molecule has 1 aliphatic carbocycles. The Hall–Kier alpha value is -3.41. The smallest absolute Gasteiger partial charge is 0.331 e. The Kier molecular flexibility index (Phi) is 6.16. The number of carbonyl (C=O) groups is 1. The fourth-order valence-electron chi connectivity index (χ4n) is 3.90. The average molecular weight is 418 g/mol. The second-order valence-corrected chi connectivity index (χ2v) is 8.22. The van der Waals surface area contributed by atoms with E-state index >= 15 is 0 Å². The number of amides is 1. The molecular formula is C25H27N3O3. The van der Waals surface area contributed by atoms with E-state index in [2.05, 4.69) is 6.92 Å². The molecule has 6 heteroatoms. The van der Waals surface area contributed by atoms with Crippen LogP contribution in [0.25, 0.3) is 0 Å².